The van der Waals surface area contributed by atoms with E-state index in [1.165, 1.54) is 0 Å². The van der Waals surface area contributed by atoms with Crippen LogP contribution in [0.25, 0.3) is 0 Å². The Bertz CT molecular complexity index is 489. The van der Waals surface area contributed by atoms with Crippen molar-refractivity contribution in [1.29, 1.82) is 0 Å². The molecule has 0 amide bonds. The molecule has 0 aliphatic heterocycles. The van der Waals surface area contributed by atoms with Crippen molar-refractivity contribution in [3.63, 3.8) is 0 Å². The number of unbranched alkanes of at least 4 members (excludes halogenated alkanes) is 7. The lowest BCUT2D eigenvalue weighted by atomic mass is 9.64. The molecule has 0 saturated heterocycles. The Morgan fingerprint density at radius 2 is 1.11 bits per heavy atom. The molecule has 162 valence electrons. The number of rotatable bonds is 15. The van der Waals surface area contributed by atoms with Crippen LogP contribution in [0.1, 0.15) is 96.8 Å². The molecule has 0 aromatic carbocycles. The summed E-state index contributed by atoms with van der Waals surface area (Å²) >= 11 is 0. The second-order valence-electron chi connectivity index (χ2n) is 8.38. The van der Waals surface area contributed by atoms with Gasteiger partial charge in [0, 0.05) is 6.42 Å². The maximum absolute atomic E-state index is 11.9. The monoisotopic (exact) mass is 398 g/mol. The maximum atomic E-state index is 11.9. The molecule has 4 unspecified atom stereocenters. The SMILES string of the molecule is CCCCCCC1CCC(CCCCCCCC(=O)O)C(C(=O)O)C1C(=O)O. The van der Waals surface area contributed by atoms with Crippen LogP contribution in [0, 0.1) is 23.7 Å². The van der Waals surface area contributed by atoms with E-state index in [2.05, 4.69) is 6.92 Å². The van der Waals surface area contributed by atoms with Gasteiger partial charge in [-0.05, 0) is 43.9 Å². The quantitative estimate of drug-likeness (QED) is 0.327. The van der Waals surface area contributed by atoms with Crippen LogP contribution in [0.5, 0.6) is 0 Å². The van der Waals surface area contributed by atoms with Gasteiger partial charge in [0.2, 0.25) is 0 Å². The highest BCUT2D eigenvalue weighted by Crippen LogP contribution is 2.43. The third kappa shape index (κ3) is 8.61. The van der Waals surface area contributed by atoms with E-state index in [0.29, 0.717) is 6.42 Å². The van der Waals surface area contributed by atoms with E-state index in [1.54, 1.807) is 0 Å². The Hall–Kier alpha value is -1.59. The molecule has 0 aromatic heterocycles. The molecule has 1 fully saturated rings. The molecule has 3 N–H and O–H groups in total. The summed E-state index contributed by atoms with van der Waals surface area (Å²) in [6, 6.07) is 0. The van der Waals surface area contributed by atoms with Crippen LogP contribution in [0.3, 0.4) is 0 Å². The minimum atomic E-state index is -0.961. The minimum absolute atomic E-state index is 0.0253. The number of aliphatic carboxylic acids is 3. The van der Waals surface area contributed by atoms with Crippen molar-refractivity contribution < 1.29 is 29.7 Å². The summed E-state index contributed by atoms with van der Waals surface area (Å²) in [5, 5.41) is 28.1. The molecule has 0 heterocycles. The van der Waals surface area contributed by atoms with Gasteiger partial charge >= 0.3 is 17.9 Å². The smallest absolute Gasteiger partial charge is 0.307 e. The summed E-state index contributed by atoms with van der Waals surface area (Å²) in [4.78, 5) is 34.3. The van der Waals surface area contributed by atoms with E-state index in [9.17, 15) is 24.6 Å². The first-order valence-corrected chi connectivity index (χ1v) is 11.1. The van der Waals surface area contributed by atoms with Gasteiger partial charge in [-0.2, -0.15) is 0 Å². The van der Waals surface area contributed by atoms with E-state index in [-0.39, 0.29) is 18.3 Å². The average Bonchev–Trinajstić information content (AvgIpc) is 2.63. The zero-order valence-electron chi connectivity index (χ0n) is 17.3. The molecule has 6 nitrogen and oxygen atoms in total. The van der Waals surface area contributed by atoms with E-state index in [1.807, 2.05) is 0 Å². The number of carbonyl (C=O) groups is 3. The van der Waals surface area contributed by atoms with Crippen LogP contribution in [-0.2, 0) is 14.4 Å². The van der Waals surface area contributed by atoms with Crippen molar-refractivity contribution in [1.82, 2.24) is 0 Å². The molecule has 1 aliphatic rings. The minimum Gasteiger partial charge on any atom is -0.481 e. The molecule has 1 saturated carbocycles. The van der Waals surface area contributed by atoms with E-state index in [4.69, 9.17) is 5.11 Å². The maximum Gasteiger partial charge on any atom is 0.307 e. The van der Waals surface area contributed by atoms with Gasteiger partial charge in [-0.3, -0.25) is 14.4 Å². The highest BCUT2D eigenvalue weighted by atomic mass is 16.4. The zero-order chi connectivity index (χ0) is 20.9. The highest BCUT2D eigenvalue weighted by Gasteiger charge is 2.46. The number of carboxylic acid groups (broad SMARTS) is 3. The fourth-order valence-electron chi connectivity index (χ4n) is 4.78. The third-order valence-electron chi connectivity index (χ3n) is 6.28. The third-order valence-corrected chi connectivity index (χ3v) is 6.28. The summed E-state index contributed by atoms with van der Waals surface area (Å²) in [6.07, 6.45) is 12.0. The molecule has 1 rings (SSSR count). The fraction of sp³-hybridized carbons (Fsp3) is 0.864. The first kappa shape index (κ1) is 24.4. The summed E-state index contributed by atoms with van der Waals surface area (Å²) in [5.41, 5.74) is 0. The Morgan fingerprint density at radius 1 is 0.679 bits per heavy atom. The van der Waals surface area contributed by atoms with Gasteiger partial charge in [-0.15, -0.1) is 0 Å². The first-order chi connectivity index (χ1) is 13.4. The predicted molar refractivity (Wildman–Crippen MR) is 107 cm³/mol. The highest BCUT2D eigenvalue weighted by molar-refractivity contribution is 5.80. The molecule has 0 bridgehead atoms. The molecule has 6 heteroatoms. The van der Waals surface area contributed by atoms with Crippen LogP contribution in [0.4, 0.5) is 0 Å². The fourth-order valence-corrected chi connectivity index (χ4v) is 4.78. The molecular formula is C22H38O6. The lowest BCUT2D eigenvalue weighted by molar-refractivity contribution is -0.162. The number of hydrogen-bond donors (Lipinski definition) is 3. The average molecular weight is 399 g/mol. The van der Waals surface area contributed by atoms with Crippen molar-refractivity contribution in [2.45, 2.75) is 96.8 Å². The predicted octanol–water partition coefficient (Wildman–Crippen LogP) is 5.20. The van der Waals surface area contributed by atoms with Gasteiger partial charge in [0.15, 0.2) is 0 Å². The Kier molecular flexibility index (Phi) is 11.8. The van der Waals surface area contributed by atoms with Gasteiger partial charge in [-0.25, -0.2) is 0 Å². The summed E-state index contributed by atoms with van der Waals surface area (Å²) in [7, 11) is 0. The number of hydrogen-bond acceptors (Lipinski definition) is 3. The van der Waals surface area contributed by atoms with Crippen molar-refractivity contribution in [3.05, 3.63) is 0 Å². The molecule has 0 aromatic rings. The largest absolute Gasteiger partial charge is 0.481 e. The molecule has 1 aliphatic carbocycles. The van der Waals surface area contributed by atoms with Crippen LogP contribution < -0.4 is 0 Å². The molecule has 4 atom stereocenters. The van der Waals surface area contributed by atoms with Crippen LogP contribution >= 0.6 is 0 Å². The molecule has 0 spiro atoms. The molecular weight excluding hydrogens is 360 g/mol. The second-order valence-corrected chi connectivity index (χ2v) is 8.38. The van der Waals surface area contributed by atoms with Crippen LogP contribution in [0.15, 0.2) is 0 Å². The van der Waals surface area contributed by atoms with Crippen LogP contribution in [0.2, 0.25) is 0 Å². The van der Waals surface area contributed by atoms with Gasteiger partial charge < -0.3 is 15.3 Å². The number of carboxylic acids is 3. The molecule has 28 heavy (non-hydrogen) atoms. The normalized spacial score (nSPS) is 24.8. The van der Waals surface area contributed by atoms with Crippen LogP contribution in [-0.4, -0.2) is 33.2 Å². The zero-order valence-corrected chi connectivity index (χ0v) is 17.3. The Balaban J connectivity index is 2.52. The first-order valence-electron chi connectivity index (χ1n) is 11.1. The second kappa shape index (κ2) is 13.6. The van der Waals surface area contributed by atoms with Crippen molar-refractivity contribution in [2.24, 2.45) is 23.7 Å². The van der Waals surface area contributed by atoms with E-state index in [0.717, 1.165) is 77.0 Å². The summed E-state index contributed by atoms with van der Waals surface area (Å²) < 4.78 is 0. The van der Waals surface area contributed by atoms with Gasteiger partial charge in [-0.1, -0.05) is 58.3 Å². The van der Waals surface area contributed by atoms with Gasteiger partial charge in [0.25, 0.3) is 0 Å². The lowest BCUT2D eigenvalue weighted by Crippen LogP contribution is -2.43. The van der Waals surface area contributed by atoms with E-state index >= 15 is 0 Å². The van der Waals surface area contributed by atoms with Crippen molar-refractivity contribution in [3.8, 4) is 0 Å². The van der Waals surface area contributed by atoms with Crippen molar-refractivity contribution >= 4 is 17.9 Å². The Labute approximate surface area is 168 Å². The van der Waals surface area contributed by atoms with E-state index < -0.39 is 29.7 Å². The topological polar surface area (TPSA) is 112 Å². The van der Waals surface area contributed by atoms with Gasteiger partial charge in [0.05, 0.1) is 11.8 Å². The van der Waals surface area contributed by atoms with Crippen molar-refractivity contribution in [2.75, 3.05) is 0 Å². The molecule has 0 radical (unpaired) electrons. The standard InChI is InChI=1S/C22H38O6/c1-2-3-4-8-11-16-14-15-17(20(22(27)28)19(16)21(25)26)12-9-6-5-7-10-13-18(23)24/h16-17,19-20H,2-15H2,1H3,(H,23,24)(H,25,26)(H,27,28). The Morgan fingerprint density at radius 3 is 1.54 bits per heavy atom. The lowest BCUT2D eigenvalue weighted by Gasteiger charge is -2.39. The summed E-state index contributed by atoms with van der Waals surface area (Å²) in [6.45, 7) is 2.14. The summed E-state index contributed by atoms with van der Waals surface area (Å²) in [5.74, 6) is -4.33. The van der Waals surface area contributed by atoms with Gasteiger partial charge in [0.1, 0.15) is 0 Å².